The van der Waals surface area contributed by atoms with E-state index < -0.39 is 0 Å². The Morgan fingerprint density at radius 2 is 1.83 bits per heavy atom. The number of hydrogen-bond donors (Lipinski definition) is 2. The van der Waals surface area contributed by atoms with E-state index in [0.717, 1.165) is 31.8 Å². The summed E-state index contributed by atoms with van der Waals surface area (Å²) < 4.78 is 5.61. The van der Waals surface area contributed by atoms with Crippen molar-refractivity contribution in [1.82, 2.24) is 5.32 Å². The van der Waals surface area contributed by atoms with E-state index in [0.29, 0.717) is 5.92 Å². The molecule has 0 fully saturated rings. The van der Waals surface area contributed by atoms with E-state index in [4.69, 9.17) is 10.5 Å². The second-order valence-corrected chi connectivity index (χ2v) is 5.11. The van der Waals surface area contributed by atoms with E-state index in [1.165, 1.54) is 5.56 Å². The molecule has 0 radical (unpaired) electrons. The fourth-order valence-electron chi connectivity index (χ4n) is 1.67. The lowest BCUT2D eigenvalue weighted by molar-refractivity contribution is 0.242. The van der Waals surface area contributed by atoms with Crippen LogP contribution in [0.2, 0.25) is 0 Å². The lowest BCUT2D eigenvalue weighted by atomic mass is 10.1. The molecule has 0 aliphatic rings. The van der Waals surface area contributed by atoms with Crippen molar-refractivity contribution in [1.29, 1.82) is 0 Å². The van der Waals surface area contributed by atoms with Crippen LogP contribution in [0.15, 0.2) is 24.3 Å². The van der Waals surface area contributed by atoms with Crippen LogP contribution in [0, 0.1) is 5.92 Å². The quantitative estimate of drug-likeness (QED) is 0.695. The third kappa shape index (κ3) is 6.03. The van der Waals surface area contributed by atoms with Crippen molar-refractivity contribution in [2.45, 2.75) is 33.3 Å². The van der Waals surface area contributed by atoms with Crippen LogP contribution in [-0.4, -0.2) is 25.7 Å². The molecular formula is C15H26N2O. The van der Waals surface area contributed by atoms with Crippen molar-refractivity contribution in [2.24, 2.45) is 11.7 Å². The summed E-state index contributed by atoms with van der Waals surface area (Å²) >= 11 is 0. The summed E-state index contributed by atoms with van der Waals surface area (Å²) in [5, 5.41) is 3.42. The summed E-state index contributed by atoms with van der Waals surface area (Å²) in [5.41, 5.74) is 6.90. The molecule has 1 rings (SSSR count). The second kappa shape index (κ2) is 8.11. The summed E-state index contributed by atoms with van der Waals surface area (Å²) in [6.45, 7) is 8.96. The molecule has 102 valence electrons. The lowest BCUT2D eigenvalue weighted by Crippen LogP contribution is -2.27. The SMILES string of the molecule is CC(CN)CNCCc1ccc(OC(C)C)cc1. The fourth-order valence-corrected chi connectivity index (χ4v) is 1.67. The number of nitrogens with two attached hydrogens (primary N) is 1. The van der Waals surface area contributed by atoms with Crippen LogP contribution in [-0.2, 0) is 6.42 Å². The minimum atomic E-state index is 0.232. The predicted molar refractivity (Wildman–Crippen MR) is 77.0 cm³/mol. The Kier molecular flexibility index (Phi) is 6.76. The highest BCUT2D eigenvalue weighted by Gasteiger charge is 2.00. The molecule has 0 amide bonds. The fraction of sp³-hybridized carbons (Fsp3) is 0.600. The number of rotatable bonds is 8. The van der Waals surface area contributed by atoms with Crippen LogP contribution in [0.1, 0.15) is 26.3 Å². The van der Waals surface area contributed by atoms with E-state index in [-0.39, 0.29) is 6.10 Å². The largest absolute Gasteiger partial charge is 0.491 e. The molecule has 0 aliphatic carbocycles. The molecule has 0 aromatic heterocycles. The maximum Gasteiger partial charge on any atom is 0.119 e. The third-order valence-corrected chi connectivity index (χ3v) is 2.78. The first-order valence-corrected chi connectivity index (χ1v) is 6.78. The summed E-state index contributed by atoms with van der Waals surface area (Å²) in [6, 6.07) is 8.34. The normalized spacial score (nSPS) is 12.7. The number of ether oxygens (including phenoxy) is 1. The summed E-state index contributed by atoms with van der Waals surface area (Å²) in [4.78, 5) is 0. The minimum Gasteiger partial charge on any atom is -0.491 e. The van der Waals surface area contributed by atoms with Gasteiger partial charge in [-0.3, -0.25) is 0 Å². The van der Waals surface area contributed by atoms with Gasteiger partial charge in [0.25, 0.3) is 0 Å². The molecule has 3 N–H and O–H groups in total. The van der Waals surface area contributed by atoms with Crippen molar-refractivity contribution >= 4 is 0 Å². The summed E-state index contributed by atoms with van der Waals surface area (Å²) in [6.07, 6.45) is 1.27. The smallest absolute Gasteiger partial charge is 0.119 e. The third-order valence-electron chi connectivity index (χ3n) is 2.78. The molecule has 0 saturated heterocycles. The molecule has 1 atom stereocenters. The average molecular weight is 250 g/mol. The van der Waals surface area contributed by atoms with E-state index in [9.17, 15) is 0 Å². The van der Waals surface area contributed by atoms with Gasteiger partial charge in [0.1, 0.15) is 5.75 Å². The Labute approximate surface area is 111 Å². The molecule has 3 nitrogen and oxygen atoms in total. The lowest BCUT2D eigenvalue weighted by Gasteiger charge is -2.11. The van der Waals surface area contributed by atoms with Crippen molar-refractivity contribution < 1.29 is 4.74 Å². The van der Waals surface area contributed by atoms with Crippen LogP contribution < -0.4 is 15.8 Å². The van der Waals surface area contributed by atoms with E-state index in [1.807, 2.05) is 26.0 Å². The van der Waals surface area contributed by atoms with Crippen LogP contribution in [0.4, 0.5) is 0 Å². The Morgan fingerprint density at radius 1 is 1.17 bits per heavy atom. The van der Waals surface area contributed by atoms with Gasteiger partial charge in [-0.2, -0.15) is 0 Å². The molecule has 0 aliphatic heterocycles. The molecule has 1 aromatic carbocycles. The van der Waals surface area contributed by atoms with Crippen molar-refractivity contribution in [2.75, 3.05) is 19.6 Å². The Morgan fingerprint density at radius 3 is 2.39 bits per heavy atom. The van der Waals surface area contributed by atoms with Crippen LogP contribution in [0.3, 0.4) is 0 Å². The van der Waals surface area contributed by atoms with Gasteiger partial charge in [0.05, 0.1) is 6.10 Å². The maximum absolute atomic E-state index is 5.61. The zero-order valence-electron chi connectivity index (χ0n) is 11.8. The highest BCUT2D eigenvalue weighted by molar-refractivity contribution is 5.27. The van der Waals surface area contributed by atoms with Gasteiger partial charge in [0, 0.05) is 0 Å². The summed E-state index contributed by atoms with van der Waals surface area (Å²) in [7, 11) is 0. The van der Waals surface area contributed by atoms with Gasteiger partial charge < -0.3 is 15.8 Å². The molecule has 1 aromatic rings. The van der Waals surface area contributed by atoms with Gasteiger partial charge in [-0.05, 0) is 63.5 Å². The van der Waals surface area contributed by atoms with E-state index in [1.54, 1.807) is 0 Å². The van der Waals surface area contributed by atoms with Gasteiger partial charge in [-0.25, -0.2) is 0 Å². The predicted octanol–water partition coefficient (Wildman–Crippen LogP) is 2.20. The van der Waals surface area contributed by atoms with Gasteiger partial charge in [0.2, 0.25) is 0 Å². The van der Waals surface area contributed by atoms with E-state index in [2.05, 4.69) is 24.4 Å². The first-order valence-electron chi connectivity index (χ1n) is 6.78. The van der Waals surface area contributed by atoms with Gasteiger partial charge in [-0.15, -0.1) is 0 Å². The number of nitrogens with one attached hydrogen (secondary N) is 1. The first kappa shape index (κ1) is 15.0. The van der Waals surface area contributed by atoms with Crippen LogP contribution in [0.25, 0.3) is 0 Å². The number of hydrogen-bond acceptors (Lipinski definition) is 3. The van der Waals surface area contributed by atoms with Crippen molar-refractivity contribution in [3.05, 3.63) is 29.8 Å². The van der Waals surface area contributed by atoms with E-state index >= 15 is 0 Å². The highest BCUT2D eigenvalue weighted by atomic mass is 16.5. The molecular weight excluding hydrogens is 224 g/mol. The standard InChI is InChI=1S/C15H26N2O/c1-12(2)18-15-6-4-14(5-7-15)8-9-17-11-13(3)10-16/h4-7,12-13,17H,8-11,16H2,1-3H3. The van der Waals surface area contributed by atoms with Crippen LogP contribution in [0.5, 0.6) is 5.75 Å². The Hall–Kier alpha value is -1.06. The molecule has 1 unspecified atom stereocenters. The monoisotopic (exact) mass is 250 g/mol. The zero-order valence-corrected chi connectivity index (χ0v) is 11.8. The van der Waals surface area contributed by atoms with Crippen LogP contribution >= 0.6 is 0 Å². The summed E-state index contributed by atoms with van der Waals surface area (Å²) in [5.74, 6) is 1.49. The number of benzene rings is 1. The molecule has 0 saturated carbocycles. The average Bonchev–Trinajstić information content (AvgIpc) is 2.35. The van der Waals surface area contributed by atoms with Gasteiger partial charge >= 0.3 is 0 Å². The molecule has 0 heterocycles. The van der Waals surface area contributed by atoms with Gasteiger partial charge in [-0.1, -0.05) is 19.1 Å². The molecule has 3 heteroatoms. The zero-order chi connectivity index (χ0) is 13.4. The van der Waals surface area contributed by atoms with Crippen molar-refractivity contribution in [3.63, 3.8) is 0 Å². The first-order chi connectivity index (χ1) is 8.61. The molecule has 0 spiro atoms. The maximum atomic E-state index is 5.61. The molecule has 0 bridgehead atoms. The van der Waals surface area contributed by atoms with Crippen molar-refractivity contribution in [3.8, 4) is 5.75 Å². The molecule has 18 heavy (non-hydrogen) atoms. The Balaban J connectivity index is 2.26. The topological polar surface area (TPSA) is 47.3 Å². The second-order valence-electron chi connectivity index (χ2n) is 5.11. The minimum absolute atomic E-state index is 0.232. The van der Waals surface area contributed by atoms with Gasteiger partial charge in [0.15, 0.2) is 0 Å². The highest BCUT2D eigenvalue weighted by Crippen LogP contribution is 2.13. The Bertz CT molecular complexity index is 322.